The zero-order valence-corrected chi connectivity index (χ0v) is 9.05. The fourth-order valence-corrected chi connectivity index (χ4v) is 2.49. The Hall–Kier alpha value is -0.0400. The van der Waals surface area contributed by atoms with E-state index in [1.54, 1.807) is 0 Å². The van der Waals surface area contributed by atoms with Crippen molar-refractivity contribution in [2.24, 2.45) is 23.0 Å². The number of nitrogens with two attached hydrogens (primary N) is 1. The molecular formula is C12H23N. The van der Waals surface area contributed by atoms with Gasteiger partial charge in [0.05, 0.1) is 0 Å². The molecule has 0 amide bonds. The van der Waals surface area contributed by atoms with E-state index >= 15 is 0 Å². The second-order valence-corrected chi connectivity index (χ2v) is 5.56. The lowest BCUT2D eigenvalue weighted by Crippen LogP contribution is -2.24. The zero-order chi connectivity index (χ0) is 9.47. The van der Waals surface area contributed by atoms with E-state index in [4.69, 9.17) is 5.73 Å². The predicted molar refractivity (Wildman–Crippen MR) is 56.4 cm³/mol. The molecule has 0 aliphatic heterocycles. The highest BCUT2D eigenvalue weighted by Crippen LogP contribution is 2.55. The van der Waals surface area contributed by atoms with Gasteiger partial charge in [0.15, 0.2) is 0 Å². The highest BCUT2D eigenvalue weighted by Gasteiger charge is 2.45. The average Bonchev–Trinajstić information content (AvgIpc) is 2.94. The van der Waals surface area contributed by atoms with E-state index in [0.29, 0.717) is 11.5 Å². The quantitative estimate of drug-likeness (QED) is 0.693. The fourth-order valence-electron chi connectivity index (χ4n) is 2.49. The lowest BCUT2D eigenvalue weighted by Gasteiger charge is -2.21. The van der Waals surface area contributed by atoms with Crippen molar-refractivity contribution in [1.29, 1.82) is 0 Å². The van der Waals surface area contributed by atoms with Gasteiger partial charge in [-0.3, -0.25) is 0 Å². The lowest BCUT2D eigenvalue weighted by atomic mass is 9.86. The van der Waals surface area contributed by atoms with Crippen LogP contribution in [0.25, 0.3) is 0 Å². The van der Waals surface area contributed by atoms with Crippen LogP contribution in [0.15, 0.2) is 0 Å². The van der Waals surface area contributed by atoms with Crippen molar-refractivity contribution in [3.8, 4) is 0 Å². The topological polar surface area (TPSA) is 26.0 Å². The van der Waals surface area contributed by atoms with Crippen molar-refractivity contribution in [2.75, 3.05) is 0 Å². The average molecular weight is 181 g/mol. The van der Waals surface area contributed by atoms with Gasteiger partial charge in [-0.05, 0) is 55.8 Å². The molecule has 0 heterocycles. The molecule has 1 nitrogen and oxygen atoms in total. The molecule has 1 heteroatoms. The third kappa shape index (κ3) is 2.07. The summed E-state index contributed by atoms with van der Waals surface area (Å²) < 4.78 is 0. The zero-order valence-electron chi connectivity index (χ0n) is 9.05. The number of hydrogen-bond donors (Lipinski definition) is 1. The maximum absolute atomic E-state index is 6.11. The summed E-state index contributed by atoms with van der Waals surface area (Å²) in [6.45, 7) is 4.74. The van der Waals surface area contributed by atoms with E-state index in [0.717, 1.165) is 11.8 Å². The summed E-state index contributed by atoms with van der Waals surface area (Å²) in [6.07, 6.45) is 8.39. The molecule has 1 unspecified atom stereocenters. The van der Waals surface area contributed by atoms with Crippen molar-refractivity contribution < 1.29 is 0 Å². The number of rotatable bonds is 5. The Morgan fingerprint density at radius 3 is 2.31 bits per heavy atom. The van der Waals surface area contributed by atoms with Crippen LogP contribution < -0.4 is 5.73 Å². The maximum atomic E-state index is 6.11. The first kappa shape index (κ1) is 9.51. The standard InChI is InChI=1S/C12H23N/c1-9(2)12(7-8-12)6-5-11(13)10-3-4-10/h9-11H,3-8,13H2,1-2H3. The molecular weight excluding hydrogens is 158 g/mol. The van der Waals surface area contributed by atoms with Gasteiger partial charge in [-0.15, -0.1) is 0 Å². The summed E-state index contributed by atoms with van der Waals surface area (Å²) in [7, 11) is 0. The van der Waals surface area contributed by atoms with Crippen LogP contribution in [0.4, 0.5) is 0 Å². The van der Waals surface area contributed by atoms with E-state index < -0.39 is 0 Å². The SMILES string of the molecule is CC(C)C1(CCC(N)C2CC2)CC1. The van der Waals surface area contributed by atoms with E-state index in [1.165, 1.54) is 38.5 Å². The Balaban J connectivity index is 1.72. The van der Waals surface area contributed by atoms with Crippen molar-refractivity contribution >= 4 is 0 Å². The maximum Gasteiger partial charge on any atom is 0.00673 e. The van der Waals surface area contributed by atoms with E-state index in [2.05, 4.69) is 13.8 Å². The van der Waals surface area contributed by atoms with Gasteiger partial charge >= 0.3 is 0 Å². The Morgan fingerprint density at radius 1 is 1.31 bits per heavy atom. The van der Waals surface area contributed by atoms with Crippen molar-refractivity contribution in [3.63, 3.8) is 0 Å². The molecule has 2 saturated carbocycles. The number of hydrogen-bond acceptors (Lipinski definition) is 1. The van der Waals surface area contributed by atoms with Gasteiger partial charge in [0, 0.05) is 6.04 Å². The molecule has 0 aromatic heterocycles. The Labute approximate surface area is 82.1 Å². The van der Waals surface area contributed by atoms with Crippen LogP contribution in [0.5, 0.6) is 0 Å². The predicted octanol–water partition coefficient (Wildman–Crippen LogP) is 2.94. The second kappa shape index (κ2) is 3.27. The van der Waals surface area contributed by atoms with Crippen LogP contribution in [-0.4, -0.2) is 6.04 Å². The summed E-state index contributed by atoms with van der Waals surface area (Å²) >= 11 is 0. The molecule has 0 saturated heterocycles. The summed E-state index contributed by atoms with van der Waals surface area (Å²) in [6, 6.07) is 0.524. The van der Waals surface area contributed by atoms with Gasteiger partial charge < -0.3 is 5.73 Å². The minimum Gasteiger partial charge on any atom is -0.327 e. The molecule has 2 aliphatic rings. The molecule has 13 heavy (non-hydrogen) atoms. The molecule has 2 rings (SSSR count). The van der Waals surface area contributed by atoms with Crippen LogP contribution in [0.2, 0.25) is 0 Å². The fraction of sp³-hybridized carbons (Fsp3) is 1.00. The summed E-state index contributed by atoms with van der Waals surface area (Å²) in [5.74, 6) is 1.77. The Morgan fingerprint density at radius 2 is 1.92 bits per heavy atom. The normalized spacial score (nSPS) is 27.7. The van der Waals surface area contributed by atoms with Crippen LogP contribution in [0, 0.1) is 17.3 Å². The minimum atomic E-state index is 0.524. The minimum absolute atomic E-state index is 0.524. The van der Waals surface area contributed by atoms with Crippen LogP contribution >= 0.6 is 0 Å². The van der Waals surface area contributed by atoms with E-state index in [-0.39, 0.29) is 0 Å². The van der Waals surface area contributed by atoms with Crippen molar-refractivity contribution in [1.82, 2.24) is 0 Å². The van der Waals surface area contributed by atoms with Gasteiger partial charge in [-0.1, -0.05) is 13.8 Å². The molecule has 2 aliphatic carbocycles. The largest absolute Gasteiger partial charge is 0.327 e. The van der Waals surface area contributed by atoms with Gasteiger partial charge in [0.25, 0.3) is 0 Å². The molecule has 0 aromatic carbocycles. The highest BCUT2D eigenvalue weighted by molar-refractivity contribution is 4.97. The molecule has 2 fully saturated rings. The smallest absolute Gasteiger partial charge is 0.00673 e. The molecule has 1 atom stereocenters. The van der Waals surface area contributed by atoms with Crippen molar-refractivity contribution in [2.45, 2.75) is 58.4 Å². The first-order chi connectivity index (χ1) is 6.14. The molecule has 0 aromatic rings. The first-order valence-electron chi connectivity index (χ1n) is 5.90. The van der Waals surface area contributed by atoms with E-state index in [9.17, 15) is 0 Å². The van der Waals surface area contributed by atoms with Crippen LogP contribution in [0.3, 0.4) is 0 Å². The monoisotopic (exact) mass is 181 g/mol. The van der Waals surface area contributed by atoms with Crippen LogP contribution in [-0.2, 0) is 0 Å². The molecule has 0 radical (unpaired) electrons. The third-order valence-electron chi connectivity index (χ3n) is 4.32. The Bertz CT molecular complexity index is 178. The summed E-state index contributed by atoms with van der Waals surface area (Å²) in [4.78, 5) is 0. The molecule has 0 bridgehead atoms. The summed E-state index contributed by atoms with van der Waals surface area (Å²) in [5.41, 5.74) is 6.83. The second-order valence-electron chi connectivity index (χ2n) is 5.56. The van der Waals surface area contributed by atoms with E-state index in [1.807, 2.05) is 0 Å². The molecule has 0 spiro atoms. The molecule has 2 N–H and O–H groups in total. The molecule has 76 valence electrons. The highest BCUT2D eigenvalue weighted by atomic mass is 14.7. The summed E-state index contributed by atoms with van der Waals surface area (Å²) in [5, 5.41) is 0. The van der Waals surface area contributed by atoms with Gasteiger partial charge in [0.2, 0.25) is 0 Å². The van der Waals surface area contributed by atoms with Gasteiger partial charge in [-0.25, -0.2) is 0 Å². The van der Waals surface area contributed by atoms with Gasteiger partial charge in [0.1, 0.15) is 0 Å². The first-order valence-corrected chi connectivity index (χ1v) is 5.90. The van der Waals surface area contributed by atoms with Crippen molar-refractivity contribution in [3.05, 3.63) is 0 Å². The third-order valence-corrected chi connectivity index (χ3v) is 4.32. The Kier molecular flexibility index (Phi) is 2.39. The van der Waals surface area contributed by atoms with Gasteiger partial charge in [-0.2, -0.15) is 0 Å². The lowest BCUT2D eigenvalue weighted by molar-refractivity contribution is 0.308. The van der Waals surface area contributed by atoms with Crippen LogP contribution in [0.1, 0.15) is 52.4 Å².